The topological polar surface area (TPSA) is 70.2 Å². The minimum atomic E-state index is 0.0135. The summed E-state index contributed by atoms with van der Waals surface area (Å²) >= 11 is 1.51. The summed E-state index contributed by atoms with van der Waals surface area (Å²) in [6.07, 6.45) is 0. The second-order valence-electron chi connectivity index (χ2n) is 6.35. The molecule has 1 aromatic carbocycles. The Kier molecular flexibility index (Phi) is 8.67. The van der Waals surface area contributed by atoms with Crippen LogP contribution in [0.15, 0.2) is 29.2 Å². The lowest BCUT2D eigenvalue weighted by Crippen LogP contribution is -2.27. The molecular weight excluding hydrogens is 360 g/mol. The van der Waals surface area contributed by atoms with Crippen molar-refractivity contribution in [2.24, 2.45) is 0 Å². The fourth-order valence-electron chi connectivity index (χ4n) is 2.68. The first-order chi connectivity index (χ1) is 13.0. The summed E-state index contributed by atoms with van der Waals surface area (Å²) in [4.78, 5) is 15.5. The molecule has 2 aromatic rings. The van der Waals surface area contributed by atoms with Gasteiger partial charge in [-0.25, -0.2) is 0 Å². The van der Waals surface area contributed by atoms with Crippen LogP contribution in [0.1, 0.15) is 30.8 Å². The maximum Gasteiger partial charge on any atom is 0.230 e. The van der Waals surface area contributed by atoms with E-state index >= 15 is 0 Å². The van der Waals surface area contributed by atoms with E-state index < -0.39 is 0 Å². The Labute approximate surface area is 166 Å². The molecular formula is C20H30N4O2S. The molecule has 0 saturated heterocycles. The lowest BCUT2D eigenvalue weighted by molar-refractivity contribution is -0.118. The van der Waals surface area contributed by atoms with Gasteiger partial charge in [0.25, 0.3) is 0 Å². The fourth-order valence-corrected chi connectivity index (χ4v) is 3.57. The van der Waals surface area contributed by atoms with Crippen LogP contribution in [0.3, 0.4) is 0 Å². The highest BCUT2D eigenvalue weighted by Crippen LogP contribution is 2.23. The first kappa shape index (κ1) is 21.3. The van der Waals surface area contributed by atoms with E-state index in [1.54, 1.807) is 0 Å². The second kappa shape index (κ2) is 11.0. The lowest BCUT2D eigenvalue weighted by Gasteiger charge is -2.18. The molecule has 0 aliphatic heterocycles. The normalized spacial score (nSPS) is 11.0. The van der Waals surface area contributed by atoms with Gasteiger partial charge in [0, 0.05) is 18.8 Å². The van der Waals surface area contributed by atoms with Crippen LogP contribution < -0.4 is 10.1 Å². The van der Waals surface area contributed by atoms with E-state index in [2.05, 4.69) is 34.3 Å². The number of amides is 1. The summed E-state index contributed by atoms with van der Waals surface area (Å²) in [6, 6.07) is 7.89. The number of thioether (sulfide) groups is 1. The monoisotopic (exact) mass is 390 g/mol. The average molecular weight is 391 g/mol. The molecule has 0 radical (unpaired) electrons. The SMILES string of the molecule is CCN(CC)CCOc1ccc(CNC(=O)CSc2c(C)n[nH]c2C)cc1. The van der Waals surface area contributed by atoms with Gasteiger partial charge in [-0.1, -0.05) is 26.0 Å². The number of nitrogens with zero attached hydrogens (tertiary/aromatic N) is 2. The van der Waals surface area contributed by atoms with Crippen molar-refractivity contribution in [3.63, 3.8) is 0 Å². The Morgan fingerprint density at radius 1 is 1.22 bits per heavy atom. The fraction of sp³-hybridized carbons (Fsp3) is 0.500. The number of hydrogen-bond donors (Lipinski definition) is 2. The number of aromatic nitrogens is 2. The second-order valence-corrected chi connectivity index (χ2v) is 7.33. The number of likely N-dealkylation sites (N-methyl/N-ethyl adjacent to an activating group) is 1. The summed E-state index contributed by atoms with van der Waals surface area (Å²) in [6.45, 7) is 12.4. The van der Waals surface area contributed by atoms with Gasteiger partial charge in [-0.05, 0) is 44.6 Å². The Hall–Kier alpha value is -1.99. The number of nitrogens with one attached hydrogen (secondary N) is 2. The van der Waals surface area contributed by atoms with Crippen molar-refractivity contribution < 1.29 is 9.53 Å². The van der Waals surface area contributed by atoms with Crippen LogP contribution in [-0.4, -0.2) is 53.0 Å². The van der Waals surface area contributed by atoms with Crippen LogP contribution in [-0.2, 0) is 11.3 Å². The summed E-state index contributed by atoms with van der Waals surface area (Å²) < 4.78 is 5.78. The first-order valence-electron chi connectivity index (χ1n) is 9.38. The van der Waals surface area contributed by atoms with Gasteiger partial charge in [-0.2, -0.15) is 5.10 Å². The summed E-state index contributed by atoms with van der Waals surface area (Å²) in [5.74, 6) is 1.26. The van der Waals surface area contributed by atoms with Gasteiger partial charge in [0.15, 0.2) is 0 Å². The predicted octanol–water partition coefficient (Wildman–Crippen LogP) is 3.16. The maximum absolute atomic E-state index is 12.1. The molecule has 2 rings (SSSR count). The van der Waals surface area contributed by atoms with Crippen molar-refractivity contribution in [1.82, 2.24) is 20.4 Å². The number of H-pyrrole nitrogens is 1. The molecule has 0 saturated carbocycles. The molecule has 1 heterocycles. The standard InChI is InChI=1S/C20H30N4O2S/c1-5-24(6-2)11-12-26-18-9-7-17(8-10-18)13-21-19(25)14-27-20-15(3)22-23-16(20)4/h7-10H,5-6,11-14H2,1-4H3,(H,21,25)(H,22,23). The Morgan fingerprint density at radius 2 is 1.93 bits per heavy atom. The third-order valence-electron chi connectivity index (χ3n) is 4.39. The zero-order valence-electron chi connectivity index (χ0n) is 16.7. The van der Waals surface area contributed by atoms with Gasteiger partial charge in [0.1, 0.15) is 12.4 Å². The molecule has 0 aliphatic rings. The van der Waals surface area contributed by atoms with Crippen LogP contribution in [0.2, 0.25) is 0 Å². The summed E-state index contributed by atoms with van der Waals surface area (Å²) in [7, 11) is 0. The molecule has 0 atom stereocenters. The maximum atomic E-state index is 12.1. The van der Waals surface area contributed by atoms with Crippen molar-refractivity contribution in [2.45, 2.75) is 39.1 Å². The van der Waals surface area contributed by atoms with E-state index in [1.165, 1.54) is 11.8 Å². The molecule has 7 heteroatoms. The molecule has 27 heavy (non-hydrogen) atoms. The van der Waals surface area contributed by atoms with Crippen molar-refractivity contribution in [2.75, 3.05) is 32.0 Å². The molecule has 1 amide bonds. The molecule has 2 N–H and O–H groups in total. The van der Waals surface area contributed by atoms with E-state index in [0.29, 0.717) is 18.9 Å². The zero-order chi connectivity index (χ0) is 19.6. The number of aromatic amines is 1. The smallest absolute Gasteiger partial charge is 0.230 e. The van der Waals surface area contributed by atoms with Crippen LogP contribution in [0.4, 0.5) is 0 Å². The average Bonchev–Trinajstić information content (AvgIpc) is 3.00. The van der Waals surface area contributed by atoms with E-state index in [-0.39, 0.29) is 5.91 Å². The van der Waals surface area contributed by atoms with Gasteiger partial charge in [-0.15, -0.1) is 11.8 Å². The van der Waals surface area contributed by atoms with E-state index in [9.17, 15) is 4.79 Å². The number of benzene rings is 1. The minimum Gasteiger partial charge on any atom is -0.492 e. The highest BCUT2D eigenvalue weighted by molar-refractivity contribution is 8.00. The number of carbonyl (C=O) groups excluding carboxylic acids is 1. The third-order valence-corrected chi connectivity index (χ3v) is 5.69. The number of hydrogen-bond acceptors (Lipinski definition) is 5. The van der Waals surface area contributed by atoms with Gasteiger partial charge in [0.05, 0.1) is 16.3 Å². The van der Waals surface area contributed by atoms with Crippen molar-refractivity contribution in [1.29, 1.82) is 0 Å². The highest BCUT2D eigenvalue weighted by atomic mass is 32.2. The Bertz CT molecular complexity index is 692. The van der Waals surface area contributed by atoms with Crippen molar-refractivity contribution in [3.8, 4) is 5.75 Å². The van der Waals surface area contributed by atoms with Crippen LogP contribution in [0.25, 0.3) is 0 Å². The van der Waals surface area contributed by atoms with Crippen molar-refractivity contribution >= 4 is 17.7 Å². The van der Waals surface area contributed by atoms with E-state index in [4.69, 9.17) is 4.74 Å². The number of ether oxygens (including phenoxy) is 1. The van der Waals surface area contributed by atoms with E-state index in [1.807, 2.05) is 38.1 Å². The van der Waals surface area contributed by atoms with Crippen LogP contribution in [0.5, 0.6) is 5.75 Å². The van der Waals surface area contributed by atoms with Crippen LogP contribution >= 0.6 is 11.8 Å². The minimum absolute atomic E-state index is 0.0135. The number of rotatable bonds is 11. The van der Waals surface area contributed by atoms with Gasteiger partial charge >= 0.3 is 0 Å². The molecule has 0 unspecified atom stereocenters. The van der Waals surface area contributed by atoms with Gasteiger partial charge in [-0.3, -0.25) is 9.89 Å². The number of carbonyl (C=O) groups is 1. The lowest BCUT2D eigenvalue weighted by atomic mass is 10.2. The van der Waals surface area contributed by atoms with Gasteiger partial charge < -0.3 is 15.0 Å². The molecule has 6 nitrogen and oxygen atoms in total. The summed E-state index contributed by atoms with van der Waals surface area (Å²) in [5, 5.41) is 10.0. The van der Waals surface area contributed by atoms with Crippen molar-refractivity contribution in [3.05, 3.63) is 41.2 Å². The largest absolute Gasteiger partial charge is 0.492 e. The quantitative estimate of drug-likeness (QED) is 0.577. The molecule has 0 aliphatic carbocycles. The molecule has 0 bridgehead atoms. The van der Waals surface area contributed by atoms with Gasteiger partial charge in [0.2, 0.25) is 5.91 Å². The molecule has 0 spiro atoms. The Balaban J connectivity index is 1.70. The molecule has 1 aromatic heterocycles. The van der Waals surface area contributed by atoms with E-state index in [0.717, 1.165) is 47.2 Å². The Morgan fingerprint density at radius 3 is 2.52 bits per heavy atom. The third kappa shape index (κ3) is 6.92. The molecule has 0 fully saturated rings. The highest BCUT2D eigenvalue weighted by Gasteiger charge is 2.09. The predicted molar refractivity (Wildman–Crippen MR) is 110 cm³/mol. The summed E-state index contributed by atoms with van der Waals surface area (Å²) in [5.41, 5.74) is 2.99. The number of aryl methyl sites for hydroxylation is 2. The first-order valence-corrected chi connectivity index (χ1v) is 10.4. The molecule has 148 valence electrons. The zero-order valence-corrected chi connectivity index (χ0v) is 17.5. The van der Waals surface area contributed by atoms with Crippen LogP contribution in [0, 0.1) is 13.8 Å².